The van der Waals surface area contributed by atoms with Crippen molar-refractivity contribution in [2.45, 2.75) is 25.7 Å². The zero-order valence-electron chi connectivity index (χ0n) is 14.3. The number of piperidine rings is 1. The molecular weight excluding hydrogens is 316 g/mol. The second-order valence-corrected chi connectivity index (χ2v) is 6.43. The average molecular weight is 340 g/mol. The molecule has 6 heteroatoms. The van der Waals surface area contributed by atoms with Gasteiger partial charge in [-0.1, -0.05) is 6.07 Å². The zero-order chi connectivity index (χ0) is 17.5. The van der Waals surface area contributed by atoms with Crippen molar-refractivity contribution in [3.8, 4) is 0 Å². The Morgan fingerprint density at radius 3 is 2.92 bits per heavy atom. The highest BCUT2D eigenvalue weighted by molar-refractivity contribution is 5.77. The quantitative estimate of drug-likeness (QED) is 0.844. The van der Waals surface area contributed by atoms with Crippen molar-refractivity contribution >= 4 is 17.5 Å². The molecule has 1 atom stereocenters. The van der Waals surface area contributed by atoms with Crippen molar-refractivity contribution < 1.29 is 9.90 Å². The minimum absolute atomic E-state index is 0.157. The Kier molecular flexibility index (Phi) is 5.95. The predicted octanol–water partition coefficient (Wildman–Crippen LogP) is 2.38. The third-order valence-corrected chi connectivity index (χ3v) is 4.59. The maximum absolute atomic E-state index is 11.7. The van der Waals surface area contributed by atoms with Crippen LogP contribution in [-0.2, 0) is 11.2 Å². The number of nitrogens with one attached hydrogen (secondary N) is 1. The number of aliphatic hydroxyl groups is 1. The highest BCUT2D eigenvalue weighted by Gasteiger charge is 2.22. The standard InChI is InChI=1S/C19H24N4O2/c24-14-19(25)23-11-3-4-16(13-23)7-6-15-8-10-21-18(12-15)22-17-5-1-2-9-20-17/h1-2,5,8-10,12,16,24H,3-4,6-7,11,13-14H2,(H,20,21,22). The number of rotatable bonds is 6. The van der Waals surface area contributed by atoms with Crippen LogP contribution in [0.4, 0.5) is 11.6 Å². The molecular formula is C19H24N4O2. The highest BCUT2D eigenvalue weighted by Crippen LogP contribution is 2.22. The average Bonchev–Trinajstić information content (AvgIpc) is 2.67. The fourth-order valence-electron chi connectivity index (χ4n) is 3.26. The Bertz CT molecular complexity index is 693. The van der Waals surface area contributed by atoms with E-state index in [9.17, 15) is 4.79 Å². The van der Waals surface area contributed by atoms with Gasteiger partial charge in [0.15, 0.2) is 0 Å². The summed E-state index contributed by atoms with van der Waals surface area (Å²) >= 11 is 0. The van der Waals surface area contributed by atoms with Crippen LogP contribution in [0.3, 0.4) is 0 Å². The number of aliphatic hydroxyl groups excluding tert-OH is 1. The van der Waals surface area contributed by atoms with Crippen molar-refractivity contribution in [3.63, 3.8) is 0 Å². The number of carbonyl (C=O) groups is 1. The van der Waals surface area contributed by atoms with Gasteiger partial charge in [0.2, 0.25) is 5.91 Å². The van der Waals surface area contributed by atoms with Crippen LogP contribution in [0.5, 0.6) is 0 Å². The van der Waals surface area contributed by atoms with Crippen LogP contribution in [0.1, 0.15) is 24.8 Å². The van der Waals surface area contributed by atoms with Crippen LogP contribution < -0.4 is 5.32 Å². The molecule has 1 aliphatic heterocycles. The first-order valence-electron chi connectivity index (χ1n) is 8.76. The van der Waals surface area contributed by atoms with Gasteiger partial charge in [0.25, 0.3) is 0 Å². The van der Waals surface area contributed by atoms with Crippen molar-refractivity contribution in [2.24, 2.45) is 5.92 Å². The largest absolute Gasteiger partial charge is 0.387 e. The lowest BCUT2D eigenvalue weighted by atomic mass is 9.92. The molecule has 0 spiro atoms. The van der Waals surface area contributed by atoms with Gasteiger partial charge in [-0.15, -0.1) is 0 Å². The lowest BCUT2D eigenvalue weighted by Gasteiger charge is -2.32. The van der Waals surface area contributed by atoms with Crippen LogP contribution in [0.15, 0.2) is 42.7 Å². The van der Waals surface area contributed by atoms with Crippen molar-refractivity contribution in [3.05, 3.63) is 48.3 Å². The fraction of sp³-hybridized carbons (Fsp3) is 0.421. The van der Waals surface area contributed by atoms with Gasteiger partial charge in [0, 0.05) is 25.5 Å². The monoisotopic (exact) mass is 340 g/mol. The molecule has 6 nitrogen and oxygen atoms in total. The predicted molar refractivity (Wildman–Crippen MR) is 96.5 cm³/mol. The molecule has 1 amide bonds. The smallest absolute Gasteiger partial charge is 0.248 e. The molecule has 1 unspecified atom stereocenters. The normalized spacial score (nSPS) is 17.3. The number of carbonyl (C=O) groups excluding carboxylic acids is 1. The molecule has 2 N–H and O–H groups in total. The minimum atomic E-state index is -0.389. The number of hydrogen-bond acceptors (Lipinski definition) is 5. The molecule has 1 aliphatic rings. The topological polar surface area (TPSA) is 78.3 Å². The first-order chi connectivity index (χ1) is 12.2. The summed E-state index contributed by atoms with van der Waals surface area (Å²) in [4.78, 5) is 22.0. The van der Waals surface area contributed by atoms with Gasteiger partial charge in [-0.25, -0.2) is 9.97 Å². The van der Waals surface area contributed by atoms with E-state index in [1.807, 2.05) is 36.5 Å². The number of aryl methyl sites for hydroxylation is 1. The van der Waals surface area contributed by atoms with E-state index in [1.165, 1.54) is 5.56 Å². The molecule has 0 aliphatic carbocycles. The lowest BCUT2D eigenvalue weighted by molar-refractivity contribution is -0.136. The van der Waals surface area contributed by atoms with Gasteiger partial charge in [-0.05, 0) is 61.4 Å². The second kappa shape index (κ2) is 8.58. The minimum Gasteiger partial charge on any atom is -0.387 e. The van der Waals surface area contributed by atoms with Crippen LogP contribution in [-0.4, -0.2) is 45.6 Å². The maximum atomic E-state index is 11.7. The van der Waals surface area contributed by atoms with Crippen molar-refractivity contribution in [2.75, 3.05) is 25.0 Å². The van der Waals surface area contributed by atoms with Gasteiger partial charge >= 0.3 is 0 Å². The van der Waals surface area contributed by atoms with E-state index in [2.05, 4.69) is 15.3 Å². The van der Waals surface area contributed by atoms with Crippen molar-refractivity contribution in [1.82, 2.24) is 14.9 Å². The number of amides is 1. The van der Waals surface area contributed by atoms with E-state index in [-0.39, 0.29) is 12.5 Å². The Labute approximate surface area is 147 Å². The van der Waals surface area contributed by atoms with Gasteiger partial charge in [-0.2, -0.15) is 0 Å². The molecule has 132 valence electrons. The zero-order valence-corrected chi connectivity index (χ0v) is 14.3. The second-order valence-electron chi connectivity index (χ2n) is 6.43. The summed E-state index contributed by atoms with van der Waals surface area (Å²) in [5.41, 5.74) is 1.22. The summed E-state index contributed by atoms with van der Waals surface area (Å²) in [7, 11) is 0. The fourth-order valence-corrected chi connectivity index (χ4v) is 3.26. The Hall–Kier alpha value is -2.47. The molecule has 2 aromatic heterocycles. The summed E-state index contributed by atoms with van der Waals surface area (Å²) in [6, 6.07) is 9.80. The summed E-state index contributed by atoms with van der Waals surface area (Å²) < 4.78 is 0. The number of likely N-dealkylation sites (tertiary alicyclic amines) is 1. The van der Waals surface area contributed by atoms with Gasteiger partial charge < -0.3 is 15.3 Å². The van der Waals surface area contributed by atoms with Crippen LogP contribution >= 0.6 is 0 Å². The SMILES string of the molecule is O=C(CO)N1CCCC(CCc2ccnc(Nc3ccccn3)c2)C1. The first-order valence-corrected chi connectivity index (χ1v) is 8.76. The molecule has 0 aromatic carbocycles. The molecule has 2 aromatic rings. The van der Waals surface area contributed by atoms with Gasteiger partial charge in [0.1, 0.15) is 18.2 Å². The van der Waals surface area contributed by atoms with E-state index in [0.29, 0.717) is 5.92 Å². The lowest BCUT2D eigenvalue weighted by Crippen LogP contribution is -2.41. The molecule has 25 heavy (non-hydrogen) atoms. The summed E-state index contributed by atoms with van der Waals surface area (Å²) in [6.07, 6.45) is 7.68. The summed E-state index contributed by atoms with van der Waals surface area (Å²) in [5, 5.41) is 12.2. The number of aromatic nitrogens is 2. The number of pyridine rings is 2. The number of nitrogens with zero attached hydrogens (tertiary/aromatic N) is 3. The molecule has 1 fully saturated rings. The molecule has 0 saturated carbocycles. The van der Waals surface area contributed by atoms with Gasteiger partial charge in [-0.3, -0.25) is 4.79 Å². The van der Waals surface area contributed by atoms with E-state index in [4.69, 9.17) is 5.11 Å². The number of hydrogen-bond donors (Lipinski definition) is 2. The molecule has 3 heterocycles. The molecule has 0 bridgehead atoms. The Morgan fingerprint density at radius 2 is 2.12 bits per heavy atom. The van der Waals surface area contributed by atoms with E-state index in [0.717, 1.165) is 50.4 Å². The third-order valence-electron chi connectivity index (χ3n) is 4.59. The Morgan fingerprint density at radius 1 is 1.24 bits per heavy atom. The van der Waals surface area contributed by atoms with Crippen LogP contribution in [0, 0.1) is 5.92 Å². The third kappa shape index (κ3) is 5.00. The number of anilines is 2. The van der Waals surface area contributed by atoms with Gasteiger partial charge in [0.05, 0.1) is 0 Å². The summed E-state index contributed by atoms with van der Waals surface area (Å²) in [5.74, 6) is 1.90. The van der Waals surface area contributed by atoms with Crippen molar-refractivity contribution in [1.29, 1.82) is 0 Å². The molecule has 0 radical (unpaired) electrons. The van der Waals surface area contributed by atoms with E-state index >= 15 is 0 Å². The van der Waals surface area contributed by atoms with E-state index < -0.39 is 0 Å². The molecule has 1 saturated heterocycles. The van der Waals surface area contributed by atoms with Crippen LogP contribution in [0.2, 0.25) is 0 Å². The maximum Gasteiger partial charge on any atom is 0.248 e. The van der Waals surface area contributed by atoms with Crippen LogP contribution in [0.25, 0.3) is 0 Å². The molecule has 3 rings (SSSR count). The first kappa shape index (κ1) is 17.4. The summed E-state index contributed by atoms with van der Waals surface area (Å²) in [6.45, 7) is 1.13. The van der Waals surface area contributed by atoms with E-state index in [1.54, 1.807) is 11.1 Å². The highest BCUT2D eigenvalue weighted by atomic mass is 16.3. The Balaban J connectivity index is 1.54.